The van der Waals surface area contributed by atoms with E-state index in [0.29, 0.717) is 29.7 Å². The number of para-hydroxylation sites is 2. The third-order valence-electron chi connectivity index (χ3n) is 5.17. The van der Waals surface area contributed by atoms with Crippen molar-refractivity contribution in [3.8, 4) is 6.07 Å². The summed E-state index contributed by atoms with van der Waals surface area (Å²) in [5, 5.41) is 20.4. The van der Waals surface area contributed by atoms with Crippen molar-refractivity contribution in [3.63, 3.8) is 0 Å². The summed E-state index contributed by atoms with van der Waals surface area (Å²) in [4.78, 5) is 12.7. The Hall–Kier alpha value is -3.36. The van der Waals surface area contributed by atoms with Gasteiger partial charge in [-0.2, -0.15) is 5.26 Å². The zero-order valence-electron chi connectivity index (χ0n) is 15.7. The van der Waals surface area contributed by atoms with Crippen LogP contribution in [-0.4, -0.2) is 20.2 Å². The molecule has 4 rings (SSSR count). The first-order valence-electron chi connectivity index (χ1n) is 9.36. The molecule has 140 valence electrons. The molecule has 0 saturated heterocycles. The van der Waals surface area contributed by atoms with E-state index in [-0.39, 0.29) is 5.56 Å². The van der Waals surface area contributed by atoms with E-state index in [2.05, 4.69) is 6.07 Å². The second kappa shape index (κ2) is 7.34. The zero-order chi connectivity index (χ0) is 19.7. The maximum atomic E-state index is 12.7. The molecule has 1 N–H and O–H groups in total. The molecule has 4 aromatic rings. The lowest BCUT2D eigenvalue weighted by Crippen LogP contribution is -2.19. The van der Waals surface area contributed by atoms with Crippen LogP contribution >= 0.6 is 0 Å². The summed E-state index contributed by atoms with van der Waals surface area (Å²) < 4.78 is 3.47. The maximum absolute atomic E-state index is 12.7. The van der Waals surface area contributed by atoms with Crippen molar-refractivity contribution < 1.29 is 5.11 Å². The molecule has 1 unspecified atom stereocenters. The molecule has 2 aromatic heterocycles. The number of fused-ring (bicyclic) bond motifs is 3. The predicted octanol–water partition coefficient (Wildman–Crippen LogP) is 3.43. The third kappa shape index (κ3) is 3.08. The Labute approximate surface area is 162 Å². The standard InChI is InChI=1S/C23H21N3O2/c1-16-13-22(28)26-21-10-6-5-9-20(21)25(23(26)19(16)14-24)15-18(27)12-11-17-7-3-2-4-8-17/h2-10,13,18,27H,11-12,15H2,1H3. The van der Waals surface area contributed by atoms with Gasteiger partial charge in [0.05, 0.1) is 29.2 Å². The number of aryl methyl sites for hydroxylation is 2. The average molecular weight is 371 g/mol. The maximum Gasteiger partial charge on any atom is 0.257 e. The summed E-state index contributed by atoms with van der Waals surface area (Å²) in [6.45, 7) is 2.09. The highest BCUT2D eigenvalue weighted by Crippen LogP contribution is 2.24. The number of aliphatic hydroxyl groups excluding tert-OH is 1. The first-order chi connectivity index (χ1) is 13.6. The monoisotopic (exact) mass is 371 g/mol. The summed E-state index contributed by atoms with van der Waals surface area (Å²) in [5.74, 6) is 0. The molecule has 0 spiro atoms. The molecule has 5 nitrogen and oxygen atoms in total. The van der Waals surface area contributed by atoms with E-state index in [1.807, 2.05) is 59.2 Å². The van der Waals surface area contributed by atoms with E-state index in [0.717, 1.165) is 17.5 Å². The first-order valence-corrected chi connectivity index (χ1v) is 9.36. The number of imidazole rings is 1. The van der Waals surface area contributed by atoms with Crippen molar-refractivity contribution in [1.82, 2.24) is 8.97 Å². The SMILES string of the molecule is Cc1cc(=O)n2c3ccccc3n(CC(O)CCc3ccccc3)c2c1C#N. The van der Waals surface area contributed by atoms with E-state index in [1.54, 1.807) is 11.3 Å². The molecule has 28 heavy (non-hydrogen) atoms. The topological polar surface area (TPSA) is 70.4 Å². The average Bonchev–Trinajstić information content (AvgIpc) is 3.02. The summed E-state index contributed by atoms with van der Waals surface area (Å²) in [5.41, 5.74) is 4.25. The van der Waals surface area contributed by atoms with Crippen LogP contribution in [0.1, 0.15) is 23.1 Å². The second-order valence-electron chi connectivity index (χ2n) is 7.09. The van der Waals surface area contributed by atoms with Crippen LogP contribution in [0, 0.1) is 18.3 Å². The molecule has 0 radical (unpaired) electrons. The van der Waals surface area contributed by atoms with Gasteiger partial charge >= 0.3 is 0 Å². The molecule has 0 fully saturated rings. The van der Waals surface area contributed by atoms with Crippen molar-refractivity contribution in [2.45, 2.75) is 32.4 Å². The Morgan fingerprint density at radius 2 is 1.75 bits per heavy atom. The van der Waals surface area contributed by atoms with Gasteiger partial charge in [-0.1, -0.05) is 42.5 Å². The van der Waals surface area contributed by atoms with Gasteiger partial charge in [0, 0.05) is 6.07 Å². The number of nitriles is 1. The van der Waals surface area contributed by atoms with Crippen LogP contribution < -0.4 is 5.56 Å². The number of aliphatic hydroxyl groups is 1. The number of hydrogen-bond acceptors (Lipinski definition) is 3. The Bertz CT molecular complexity index is 1250. The van der Waals surface area contributed by atoms with Gasteiger partial charge in [-0.3, -0.25) is 9.20 Å². The summed E-state index contributed by atoms with van der Waals surface area (Å²) in [7, 11) is 0. The van der Waals surface area contributed by atoms with Crippen LogP contribution in [0.5, 0.6) is 0 Å². The molecule has 0 aliphatic carbocycles. The van der Waals surface area contributed by atoms with Crippen molar-refractivity contribution in [2.24, 2.45) is 0 Å². The largest absolute Gasteiger partial charge is 0.391 e. The molecule has 0 bridgehead atoms. The molecule has 0 aliphatic heterocycles. The van der Waals surface area contributed by atoms with Crippen molar-refractivity contribution in [3.05, 3.63) is 87.7 Å². The minimum absolute atomic E-state index is 0.166. The van der Waals surface area contributed by atoms with Gasteiger partial charge in [-0.15, -0.1) is 0 Å². The Kier molecular flexibility index (Phi) is 4.72. The number of hydrogen-bond donors (Lipinski definition) is 1. The van der Waals surface area contributed by atoms with Gasteiger partial charge in [0.2, 0.25) is 0 Å². The van der Waals surface area contributed by atoms with Crippen LogP contribution in [-0.2, 0) is 13.0 Å². The van der Waals surface area contributed by atoms with Crippen LogP contribution in [0.25, 0.3) is 16.7 Å². The fraction of sp³-hybridized carbons (Fsp3) is 0.217. The second-order valence-corrected chi connectivity index (χ2v) is 7.09. The molecule has 2 heterocycles. The fourth-order valence-electron chi connectivity index (χ4n) is 3.80. The molecule has 5 heteroatoms. The number of nitrogens with zero attached hydrogens (tertiary/aromatic N) is 3. The molecule has 0 saturated carbocycles. The lowest BCUT2D eigenvalue weighted by atomic mass is 10.1. The summed E-state index contributed by atoms with van der Waals surface area (Å²) >= 11 is 0. The number of benzene rings is 2. The quantitative estimate of drug-likeness (QED) is 0.584. The minimum atomic E-state index is -0.595. The zero-order valence-corrected chi connectivity index (χ0v) is 15.7. The van der Waals surface area contributed by atoms with Gasteiger partial charge in [0.25, 0.3) is 5.56 Å². The number of pyridine rings is 1. The van der Waals surface area contributed by atoms with E-state index in [1.165, 1.54) is 11.6 Å². The van der Waals surface area contributed by atoms with Gasteiger partial charge in [0.15, 0.2) is 0 Å². The van der Waals surface area contributed by atoms with Crippen molar-refractivity contribution >= 4 is 16.7 Å². The van der Waals surface area contributed by atoms with Gasteiger partial charge in [-0.05, 0) is 43.0 Å². The van der Waals surface area contributed by atoms with E-state index >= 15 is 0 Å². The molecule has 0 amide bonds. The Balaban J connectivity index is 1.79. The van der Waals surface area contributed by atoms with Crippen LogP contribution in [0.3, 0.4) is 0 Å². The third-order valence-corrected chi connectivity index (χ3v) is 5.17. The highest BCUT2D eigenvalue weighted by Gasteiger charge is 2.19. The van der Waals surface area contributed by atoms with Crippen LogP contribution in [0.15, 0.2) is 65.5 Å². The fourth-order valence-corrected chi connectivity index (χ4v) is 3.80. The van der Waals surface area contributed by atoms with Crippen molar-refractivity contribution in [2.75, 3.05) is 0 Å². The van der Waals surface area contributed by atoms with Gasteiger partial charge < -0.3 is 9.67 Å². The smallest absolute Gasteiger partial charge is 0.257 e. The van der Waals surface area contributed by atoms with Crippen LogP contribution in [0.4, 0.5) is 0 Å². The highest BCUT2D eigenvalue weighted by molar-refractivity contribution is 5.84. The molecule has 1 atom stereocenters. The van der Waals surface area contributed by atoms with Crippen LogP contribution in [0.2, 0.25) is 0 Å². The molecular formula is C23H21N3O2. The normalized spacial score (nSPS) is 12.3. The summed E-state index contributed by atoms with van der Waals surface area (Å²) in [6, 6.07) is 21.3. The molecule has 2 aromatic carbocycles. The Morgan fingerprint density at radius 1 is 1.07 bits per heavy atom. The number of rotatable bonds is 5. The van der Waals surface area contributed by atoms with E-state index in [9.17, 15) is 15.2 Å². The van der Waals surface area contributed by atoms with Crippen molar-refractivity contribution in [1.29, 1.82) is 5.26 Å². The van der Waals surface area contributed by atoms with E-state index in [4.69, 9.17) is 0 Å². The van der Waals surface area contributed by atoms with Gasteiger partial charge in [0.1, 0.15) is 11.7 Å². The lowest BCUT2D eigenvalue weighted by molar-refractivity contribution is 0.147. The summed E-state index contributed by atoms with van der Waals surface area (Å²) in [6.07, 6.45) is 0.770. The predicted molar refractivity (Wildman–Crippen MR) is 109 cm³/mol. The lowest BCUT2D eigenvalue weighted by Gasteiger charge is -2.14. The highest BCUT2D eigenvalue weighted by atomic mass is 16.3. The van der Waals surface area contributed by atoms with E-state index < -0.39 is 6.10 Å². The molecule has 0 aliphatic rings. The minimum Gasteiger partial charge on any atom is -0.391 e. The molecular weight excluding hydrogens is 350 g/mol. The van der Waals surface area contributed by atoms with Gasteiger partial charge in [-0.25, -0.2) is 0 Å². The first kappa shape index (κ1) is 18.0. The Morgan fingerprint density at radius 3 is 2.46 bits per heavy atom. The number of aromatic nitrogens is 2.